The molecule has 6 rings (SSSR count). The van der Waals surface area contributed by atoms with Gasteiger partial charge in [0.15, 0.2) is 16.3 Å². The van der Waals surface area contributed by atoms with Gasteiger partial charge in [-0.1, -0.05) is 90.2 Å². The lowest BCUT2D eigenvalue weighted by Gasteiger charge is -2.25. The fraction of sp³-hybridized carbons (Fsp3) is 0.179. The molecule has 1 aliphatic rings. The molecule has 0 aliphatic carbocycles. The summed E-state index contributed by atoms with van der Waals surface area (Å²) in [6, 6.07) is 30.6. The number of benzene rings is 4. The van der Waals surface area contributed by atoms with Crippen molar-refractivity contribution < 1.29 is 28.5 Å². The van der Waals surface area contributed by atoms with E-state index in [4.69, 9.17) is 23.9 Å². The van der Waals surface area contributed by atoms with E-state index in [-0.39, 0.29) is 24.7 Å². The molecule has 1 atom stereocenters. The highest BCUT2D eigenvalue weighted by atomic mass is 32.1. The number of rotatable bonds is 11. The van der Waals surface area contributed by atoms with Crippen LogP contribution in [0, 0.1) is 0 Å². The second-order valence-corrected chi connectivity index (χ2v) is 12.0. The van der Waals surface area contributed by atoms with Crippen molar-refractivity contribution in [3.05, 3.63) is 156 Å². The van der Waals surface area contributed by atoms with E-state index in [1.807, 2.05) is 78.9 Å². The van der Waals surface area contributed by atoms with Crippen molar-refractivity contribution in [2.75, 3.05) is 20.3 Å². The summed E-state index contributed by atoms with van der Waals surface area (Å²) in [6.07, 6.45) is 1.78. The van der Waals surface area contributed by atoms with Crippen molar-refractivity contribution >= 4 is 35.0 Å². The zero-order valence-electron chi connectivity index (χ0n) is 27.3. The molecule has 0 saturated carbocycles. The molecule has 0 spiro atoms. The Hall–Kier alpha value is -5.74. The van der Waals surface area contributed by atoms with Crippen LogP contribution in [-0.2, 0) is 20.9 Å². The Morgan fingerprint density at radius 2 is 1.51 bits per heavy atom. The monoisotopic (exact) mass is 674 g/mol. The Kier molecular flexibility index (Phi) is 10.2. The van der Waals surface area contributed by atoms with Crippen molar-refractivity contribution in [2.24, 2.45) is 4.99 Å². The molecule has 0 saturated heterocycles. The number of nitrogens with zero attached hydrogens (tertiary/aromatic N) is 2. The number of esters is 2. The highest BCUT2D eigenvalue weighted by Crippen LogP contribution is 2.35. The lowest BCUT2D eigenvalue weighted by molar-refractivity contribution is -0.138. The Morgan fingerprint density at radius 1 is 0.837 bits per heavy atom. The van der Waals surface area contributed by atoms with Crippen LogP contribution in [0.2, 0.25) is 0 Å². The van der Waals surface area contributed by atoms with Gasteiger partial charge in [0, 0.05) is 5.56 Å². The topological polar surface area (TPSA) is 105 Å². The van der Waals surface area contributed by atoms with Crippen LogP contribution in [0.5, 0.6) is 11.5 Å². The highest BCUT2D eigenvalue weighted by molar-refractivity contribution is 7.07. The van der Waals surface area contributed by atoms with E-state index < -0.39 is 12.0 Å². The van der Waals surface area contributed by atoms with Crippen molar-refractivity contribution in [3.63, 3.8) is 0 Å². The number of carbonyl (C=O) groups excluding carboxylic acids is 2. The number of carbonyl (C=O) groups is 2. The number of hydrogen-bond donors (Lipinski definition) is 0. The third kappa shape index (κ3) is 7.09. The molecule has 1 aromatic heterocycles. The molecule has 5 aromatic rings. The van der Waals surface area contributed by atoms with Crippen LogP contribution in [0.25, 0.3) is 11.8 Å². The molecule has 0 N–H and O–H groups in total. The van der Waals surface area contributed by atoms with E-state index >= 15 is 0 Å². The second kappa shape index (κ2) is 15.0. The first-order valence-corrected chi connectivity index (χ1v) is 16.6. The normalized spacial score (nSPS) is 14.1. The number of ether oxygens (including phenoxy) is 4. The predicted octanol–water partition coefficient (Wildman–Crippen LogP) is 5.70. The van der Waals surface area contributed by atoms with Crippen molar-refractivity contribution in [2.45, 2.75) is 26.5 Å². The van der Waals surface area contributed by atoms with Crippen LogP contribution in [0.1, 0.15) is 52.5 Å². The zero-order chi connectivity index (χ0) is 34.3. The fourth-order valence-electron chi connectivity index (χ4n) is 5.55. The molecule has 10 heteroatoms. The average Bonchev–Trinajstić information content (AvgIpc) is 3.45. The Labute approximate surface area is 287 Å². The van der Waals surface area contributed by atoms with Gasteiger partial charge in [0.2, 0.25) is 0 Å². The standard InChI is InChI=1S/C39H34N2O7S/c1-4-46-37(43)29-19-16-25(17-20-29)24-48-30-21-18-26(22-31(30)45-3)23-32-36(42)41-35(28-14-10-7-11-15-28)33(38(44)47-5-2)34(40-39(41)49-32)27-12-8-6-9-13-27/h6-23,35H,4-5,24H2,1-3H3/b32-23-/t35-/m0/s1. The largest absolute Gasteiger partial charge is 0.493 e. The number of fused-ring (bicyclic) bond motifs is 1. The van der Waals surface area contributed by atoms with Gasteiger partial charge in [0.1, 0.15) is 6.61 Å². The maximum atomic E-state index is 14.2. The van der Waals surface area contributed by atoms with Gasteiger partial charge in [-0.2, -0.15) is 0 Å². The molecule has 49 heavy (non-hydrogen) atoms. The molecule has 2 heterocycles. The maximum absolute atomic E-state index is 14.2. The molecule has 248 valence electrons. The smallest absolute Gasteiger partial charge is 0.338 e. The predicted molar refractivity (Wildman–Crippen MR) is 187 cm³/mol. The van der Waals surface area contributed by atoms with Gasteiger partial charge >= 0.3 is 11.9 Å². The van der Waals surface area contributed by atoms with Gasteiger partial charge in [-0.05, 0) is 60.9 Å². The van der Waals surface area contributed by atoms with Gasteiger partial charge in [-0.25, -0.2) is 14.6 Å². The second-order valence-electron chi connectivity index (χ2n) is 11.0. The Balaban J connectivity index is 1.37. The minimum absolute atomic E-state index is 0.180. The van der Waals surface area contributed by atoms with Gasteiger partial charge in [-0.3, -0.25) is 9.36 Å². The zero-order valence-corrected chi connectivity index (χ0v) is 28.1. The molecule has 1 aliphatic heterocycles. The van der Waals surface area contributed by atoms with Crippen LogP contribution >= 0.6 is 11.3 Å². The first-order chi connectivity index (χ1) is 23.9. The first-order valence-electron chi connectivity index (χ1n) is 15.8. The van der Waals surface area contributed by atoms with Gasteiger partial charge in [-0.15, -0.1) is 0 Å². The van der Waals surface area contributed by atoms with Gasteiger partial charge in [0.25, 0.3) is 5.56 Å². The van der Waals surface area contributed by atoms with E-state index in [0.29, 0.717) is 44.3 Å². The summed E-state index contributed by atoms with van der Waals surface area (Å²) in [7, 11) is 1.55. The molecule has 0 fully saturated rings. The lowest BCUT2D eigenvalue weighted by Crippen LogP contribution is -2.39. The third-order valence-corrected chi connectivity index (χ3v) is 8.82. The van der Waals surface area contributed by atoms with Crippen molar-refractivity contribution in [1.29, 1.82) is 0 Å². The molecule has 4 aromatic carbocycles. The van der Waals surface area contributed by atoms with E-state index in [9.17, 15) is 14.4 Å². The first kappa shape index (κ1) is 33.2. The molecule has 0 unspecified atom stereocenters. The number of hydrogen-bond acceptors (Lipinski definition) is 9. The third-order valence-electron chi connectivity index (χ3n) is 7.83. The molecular weight excluding hydrogens is 641 g/mol. The summed E-state index contributed by atoms with van der Waals surface area (Å²) >= 11 is 1.25. The average molecular weight is 675 g/mol. The van der Waals surface area contributed by atoms with E-state index in [2.05, 4.69) is 0 Å². The molecule has 9 nitrogen and oxygen atoms in total. The fourth-order valence-corrected chi connectivity index (χ4v) is 6.55. The molecular formula is C39H34N2O7S. The van der Waals surface area contributed by atoms with E-state index in [1.54, 1.807) is 55.9 Å². The minimum atomic E-state index is -0.745. The Bertz CT molecular complexity index is 2190. The summed E-state index contributed by atoms with van der Waals surface area (Å²) in [5.74, 6) is 0.115. The van der Waals surface area contributed by atoms with E-state index in [0.717, 1.165) is 22.3 Å². The number of methoxy groups -OCH3 is 1. The Morgan fingerprint density at radius 3 is 2.18 bits per heavy atom. The van der Waals surface area contributed by atoms with Crippen molar-refractivity contribution in [1.82, 2.24) is 4.57 Å². The summed E-state index contributed by atoms with van der Waals surface area (Å²) in [5.41, 5.74) is 4.07. The quantitative estimate of drug-likeness (QED) is 0.166. The van der Waals surface area contributed by atoms with Crippen LogP contribution in [0.4, 0.5) is 0 Å². The van der Waals surface area contributed by atoms with Gasteiger partial charge < -0.3 is 18.9 Å². The van der Waals surface area contributed by atoms with Gasteiger partial charge in [0.05, 0.1) is 47.7 Å². The SMILES string of the molecule is CCOC(=O)C1=C(c2ccccc2)N=c2s/c(=C\c3ccc(OCc4ccc(C(=O)OCC)cc4)c(OC)c3)c(=O)n2[C@H]1c1ccccc1. The van der Waals surface area contributed by atoms with E-state index in [1.165, 1.54) is 11.3 Å². The summed E-state index contributed by atoms with van der Waals surface area (Å²) < 4.78 is 24.3. The van der Waals surface area contributed by atoms with Crippen LogP contribution in [0.3, 0.4) is 0 Å². The molecule has 0 amide bonds. The molecule has 0 bridgehead atoms. The number of thiazole rings is 1. The van der Waals surface area contributed by atoms with Crippen molar-refractivity contribution in [3.8, 4) is 11.5 Å². The van der Waals surface area contributed by atoms with Crippen LogP contribution in [0.15, 0.2) is 118 Å². The maximum Gasteiger partial charge on any atom is 0.338 e. The molecule has 0 radical (unpaired) electrons. The van der Waals surface area contributed by atoms with Crippen LogP contribution < -0.4 is 24.4 Å². The highest BCUT2D eigenvalue weighted by Gasteiger charge is 2.35. The summed E-state index contributed by atoms with van der Waals surface area (Å²) in [6.45, 7) is 4.26. The van der Waals surface area contributed by atoms with Crippen LogP contribution in [-0.4, -0.2) is 36.8 Å². The minimum Gasteiger partial charge on any atom is -0.493 e. The summed E-state index contributed by atoms with van der Waals surface area (Å²) in [4.78, 5) is 45.1. The lowest BCUT2D eigenvalue weighted by atomic mass is 9.93. The number of aromatic nitrogens is 1. The summed E-state index contributed by atoms with van der Waals surface area (Å²) in [5, 5.41) is 0.